The maximum atomic E-state index is 6.30. The predicted molar refractivity (Wildman–Crippen MR) is 62.4 cm³/mol. The quantitative estimate of drug-likeness (QED) is 0.777. The fourth-order valence-corrected chi connectivity index (χ4v) is 1.69. The lowest BCUT2D eigenvalue weighted by Crippen LogP contribution is -2.40. The van der Waals surface area contributed by atoms with Crippen molar-refractivity contribution < 1.29 is 0 Å². The Morgan fingerprint density at radius 3 is 2.21 bits per heavy atom. The highest BCUT2D eigenvalue weighted by atomic mass is 14.7. The Kier molecular flexibility index (Phi) is 3.70. The summed E-state index contributed by atoms with van der Waals surface area (Å²) < 4.78 is 0. The van der Waals surface area contributed by atoms with E-state index in [1.807, 2.05) is 0 Å². The second kappa shape index (κ2) is 4.61. The van der Waals surface area contributed by atoms with Gasteiger partial charge in [0.25, 0.3) is 0 Å². The van der Waals surface area contributed by atoms with Gasteiger partial charge in [-0.05, 0) is 37.3 Å². The molecule has 0 aliphatic carbocycles. The first kappa shape index (κ1) is 11.3. The van der Waals surface area contributed by atoms with Crippen LogP contribution in [0.15, 0.2) is 24.3 Å². The van der Waals surface area contributed by atoms with Gasteiger partial charge < -0.3 is 5.73 Å². The van der Waals surface area contributed by atoms with Crippen LogP contribution in [0.2, 0.25) is 0 Å². The standard InChI is InChI=1S/C13H21N/c1-4-13(14,5-2)10-12-9-7-6-8-11(12)3/h6-9H,4-5,10,14H2,1-3H3. The number of hydrogen-bond donors (Lipinski definition) is 1. The van der Waals surface area contributed by atoms with Crippen molar-refractivity contribution in [1.82, 2.24) is 0 Å². The van der Waals surface area contributed by atoms with Gasteiger partial charge in [-0.3, -0.25) is 0 Å². The van der Waals surface area contributed by atoms with Crippen LogP contribution in [-0.2, 0) is 6.42 Å². The Balaban J connectivity index is 2.82. The fourth-order valence-electron chi connectivity index (χ4n) is 1.69. The summed E-state index contributed by atoms with van der Waals surface area (Å²) in [6, 6.07) is 8.51. The molecule has 0 fully saturated rings. The summed E-state index contributed by atoms with van der Waals surface area (Å²) in [5.41, 5.74) is 9.01. The number of benzene rings is 1. The molecule has 1 heteroatoms. The zero-order valence-corrected chi connectivity index (χ0v) is 9.51. The third-order valence-corrected chi connectivity index (χ3v) is 3.21. The summed E-state index contributed by atoms with van der Waals surface area (Å²) in [7, 11) is 0. The fraction of sp³-hybridized carbons (Fsp3) is 0.538. The molecule has 1 aromatic carbocycles. The molecular weight excluding hydrogens is 170 g/mol. The van der Waals surface area contributed by atoms with Crippen molar-refractivity contribution in [3.63, 3.8) is 0 Å². The van der Waals surface area contributed by atoms with Crippen LogP contribution in [0.3, 0.4) is 0 Å². The second-order valence-corrected chi connectivity index (χ2v) is 4.17. The highest BCUT2D eigenvalue weighted by Gasteiger charge is 2.20. The minimum absolute atomic E-state index is 0.0217. The molecule has 14 heavy (non-hydrogen) atoms. The highest BCUT2D eigenvalue weighted by molar-refractivity contribution is 5.27. The first-order chi connectivity index (χ1) is 6.61. The first-order valence-corrected chi connectivity index (χ1v) is 5.44. The van der Waals surface area contributed by atoms with Gasteiger partial charge >= 0.3 is 0 Å². The number of nitrogens with two attached hydrogens (primary N) is 1. The summed E-state index contributed by atoms with van der Waals surface area (Å²) in [5, 5.41) is 0. The van der Waals surface area contributed by atoms with Gasteiger partial charge in [0.05, 0.1) is 0 Å². The minimum Gasteiger partial charge on any atom is -0.325 e. The van der Waals surface area contributed by atoms with Crippen LogP contribution in [0.1, 0.15) is 37.8 Å². The molecule has 0 aliphatic rings. The van der Waals surface area contributed by atoms with E-state index in [0.29, 0.717) is 0 Å². The first-order valence-electron chi connectivity index (χ1n) is 5.44. The average Bonchev–Trinajstić information content (AvgIpc) is 2.21. The average molecular weight is 191 g/mol. The molecule has 0 saturated carbocycles. The van der Waals surface area contributed by atoms with Gasteiger partial charge in [-0.2, -0.15) is 0 Å². The van der Waals surface area contributed by atoms with Crippen molar-refractivity contribution in [2.24, 2.45) is 5.73 Å². The van der Waals surface area contributed by atoms with Crippen LogP contribution in [0, 0.1) is 6.92 Å². The molecule has 2 N–H and O–H groups in total. The molecular formula is C13H21N. The summed E-state index contributed by atoms with van der Waals surface area (Å²) in [5.74, 6) is 0. The van der Waals surface area contributed by atoms with E-state index in [2.05, 4.69) is 45.0 Å². The summed E-state index contributed by atoms with van der Waals surface area (Å²) in [6.45, 7) is 6.49. The molecule has 1 aromatic rings. The maximum absolute atomic E-state index is 6.30. The second-order valence-electron chi connectivity index (χ2n) is 4.17. The van der Waals surface area contributed by atoms with E-state index in [4.69, 9.17) is 5.73 Å². The lowest BCUT2D eigenvalue weighted by molar-refractivity contribution is 0.392. The molecule has 0 aromatic heterocycles. The van der Waals surface area contributed by atoms with Gasteiger partial charge in [0.1, 0.15) is 0 Å². The van der Waals surface area contributed by atoms with E-state index in [1.54, 1.807) is 0 Å². The molecule has 1 rings (SSSR count). The van der Waals surface area contributed by atoms with Crippen LogP contribution in [-0.4, -0.2) is 5.54 Å². The largest absolute Gasteiger partial charge is 0.325 e. The molecule has 0 bridgehead atoms. The molecule has 1 nitrogen and oxygen atoms in total. The number of hydrogen-bond acceptors (Lipinski definition) is 1. The molecule has 0 heterocycles. The lowest BCUT2D eigenvalue weighted by atomic mass is 9.85. The monoisotopic (exact) mass is 191 g/mol. The van der Waals surface area contributed by atoms with Gasteiger partial charge in [-0.1, -0.05) is 38.1 Å². The SMILES string of the molecule is CCC(N)(CC)Cc1ccccc1C. The highest BCUT2D eigenvalue weighted by Crippen LogP contribution is 2.20. The topological polar surface area (TPSA) is 26.0 Å². The smallest absolute Gasteiger partial charge is 0.0189 e. The van der Waals surface area contributed by atoms with Crippen LogP contribution in [0.25, 0.3) is 0 Å². The van der Waals surface area contributed by atoms with E-state index in [-0.39, 0.29) is 5.54 Å². The molecule has 78 valence electrons. The molecule has 0 saturated heterocycles. The zero-order valence-electron chi connectivity index (χ0n) is 9.51. The van der Waals surface area contributed by atoms with Crippen LogP contribution < -0.4 is 5.73 Å². The molecule has 0 radical (unpaired) electrons. The van der Waals surface area contributed by atoms with Gasteiger partial charge in [-0.25, -0.2) is 0 Å². The van der Waals surface area contributed by atoms with E-state index >= 15 is 0 Å². The van der Waals surface area contributed by atoms with Crippen molar-refractivity contribution >= 4 is 0 Å². The van der Waals surface area contributed by atoms with Crippen LogP contribution in [0.4, 0.5) is 0 Å². The van der Waals surface area contributed by atoms with Crippen LogP contribution in [0.5, 0.6) is 0 Å². The molecule has 0 spiro atoms. The van der Waals surface area contributed by atoms with Crippen molar-refractivity contribution in [3.05, 3.63) is 35.4 Å². The van der Waals surface area contributed by atoms with E-state index < -0.39 is 0 Å². The summed E-state index contributed by atoms with van der Waals surface area (Å²) in [4.78, 5) is 0. The van der Waals surface area contributed by atoms with Crippen LogP contribution >= 0.6 is 0 Å². The predicted octanol–water partition coefficient (Wildman–Crippen LogP) is 3.06. The van der Waals surface area contributed by atoms with Crippen molar-refractivity contribution in [2.45, 2.75) is 45.6 Å². The Bertz CT molecular complexity index is 287. The number of rotatable bonds is 4. The number of aryl methyl sites for hydroxylation is 1. The Morgan fingerprint density at radius 2 is 1.71 bits per heavy atom. The van der Waals surface area contributed by atoms with E-state index in [1.165, 1.54) is 11.1 Å². The molecule has 0 unspecified atom stereocenters. The summed E-state index contributed by atoms with van der Waals surface area (Å²) >= 11 is 0. The molecule has 0 atom stereocenters. The molecule has 0 aliphatic heterocycles. The summed E-state index contributed by atoms with van der Waals surface area (Å²) in [6.07, 6.45) is 3.07. The van der Waals surface area contributed by atoms with E-state index in [9.17, 15) is 0 Å². The Labute approximate surface area is 87.3 Å². The van der Waals surface area contributed by atoms with Gasteiger partial charge in [0.2, 0.25) is 0 Å². The third-order valence-electron chi connectivity index (χ3n) is 3.21. The van der Waals surface area contributed by atoms with Crippen molar-refractivity contribution in [2.75, 3.05) is 0 Å². The Morgan fingerprint density at radius 1 is 1.14 bits per heavy atom. The van der Waals surface area contributed by atoms with Gasteiger partial charge in [-0.15, -0.1) is 0 Å². The third kappa shape index (κ3) is 2.58. The zero-order chi connectivity index (χ0) is 10.6. The van der Waals surface area contributed by atoms with Crippen molar-refractivity contribution in [1.29, 1.82) is 0 Å². The Hall–Kier alpha value is -0.820. The van der Waals surface area contributed by atoms with Gasteiger partial charge in [0.15, 0.2) is 0 Å². The molecule has 0 amide bonds. The van der Waals surface area contributed by atoms with Crippen molar-refractivity contribution in [3.8, 4) is 0 Å². The van der Waals surface area contributed by atoms with E-state index in [0.717, 1.165) is 19.3 Å². The normalized spacial score (nSPS) is 11.7. The minimum atomic E-state index is -0.0217. The maximum Gasteiger partial charge on any atom is 0.0189 e. The van der Waals surface area contributed by atoms with Gasteiger partial charge in [0, 0.05) is 5.54 Å². The lowest BCUT2D eigenvalue weighted by Gasteiger charge is -2.27.